The van der Waals surface area contributed by atoms with Crippen LogP contribution in [0.3, 0.4) is 0 Å². The first-order valence-electron chi connectivity index (χ1n) is 10.4. The van der Waals surface area contributed by atoms with Crippen molar-refractivity contribution >= 4 is 22.8 Å². The van der Waals surface area contributed by atoms with Gasteiger partial charge in [-0.2, -0.15) is 0 Å². The van der Waals surface area contributed by atoms with Gasteiger partial charge in [0.15, 0.2) is 11.5 Å². The number of hydrogen-bond donors (Lipinski definition) is 0. The van der Waals surface area contributed by atoms with Gasteiger partial charge in [-0.3, -0.25) is 4.90 Å². The highest BCUT2D eigenvalue weighted by Gasteiger charge is 2.28. The fourth-order valence-electron chi connectivity index (χ4n) is 3.81. The smallest absolute Gasteiger partial charge is 0.324 e. The van der Waals surface area contributed by atoms with Gasteiger partial charge in [0.2, 0.25) is 0 Å². The summed E-state index contributed by atoms with van der Waals surface area (Å²) >= 11 is 0. The van der Waals surface area contributed by atoms with Crippen LogP contribution < -0.4 is 9.64 Å². The third-order valence-corrected chi connectivity index (χ3v) is 5.39. The van der Waals surface area contributed by atoms with Crippen LogP contribution in [0.25, 0.3) is 11.1 Å². The van der Waals surface area contributed by atoms with Crippen LogP contribution in [0.4, 0.5) is 14.9 Å². The molecule has 158 valence electrons. The van der Waals surface area contributed by atoms with E-state index in [0.717, 1.165) is 48.4 Å². The molecule has 2 heterocycles. The standard InChI is InChI=1S/C23H26FN3O3/c1-3-4-6-22-25-19-14-18(8-10-21(19)30-22)27-12-5-11-26(23(27)28)15-16-13-17(24)7-9-20(16)29-2/h7-10,13-14H,3-6,11-12,15H2,1-2H3. The number of unbranched alkanes of at least 4 members (excludes halogenated alkanes) is 1. The van der Waals surface area contributed by atoms with E-state index in [0.29, 0.717) is 30.9 Å². The van der Waals surface area contributed by atoms with Crippen LogP contribution in [0.2, 0.25) is 0 Å². The van der Waals surface area contributed by atoms with Crippen LogP contribution in [0.1, 0.15) is 37.6 Å². The Bertz CT molecular complexity index is 1050. The van der Waals surface area contributed by atoms with Gasteiger partial charge in [-0.1, -0.05) is 13.3 Å². The molecule has 1 saturated heterocycles. The van der Waals surface area contributed by atoms with Crippen LogP contribution in [0.15, 0.2) is 40.8 Å². The van der Waals surface area contributed by atoms with Gasteiger partial charge in [0.25, 0.3) is 0 Å². The largest absolute Gasteiger partial charge is 0.496 e. The van der Waals surface area contributed by atoms with E-state index < -0.39 is 0 Å². The monoisotopic (exact) mass is 411 g/mol. The van der Waals surface area contributed by atoms with E-state index in [2.05, 4.69) is 11.9 Å². The maximum absolute atomic E-state index is 13.7. The second-order valence-electron chi connectivity index (χ2n) is 7.53. The number of nitrogens with zero attached hydrogens (tertiary/aromatic N) is 3. The second kappa shape index (κ2) is 8.73. The Labute approximate surface area is 175 Å². The molecule has 1 aromatic heterocycles. The van der Waals surface area contributed by atoms with Crippen molar-refractivity contribution in [1.82, 2.24) is 9.88 Å². The van der Waals surface area contributed by atoms with Crippen molar-refractivity contribution in [3.05, 3.63) is 53.7 Å². The number of aromatic nitrogens is 1. The molecule has 0 unspecified atom stereocenters. The van der Waals surface area contributed by atoms with E-state index in [1.807, 2.05) is 18.2 Å². The van der Waals surface area contributed by atoms with Gasteiger partial charge in [0.05, 0.1) is 13.7 Å². The minimum Gasteiger partial charge on any atom is -0.496 e. The van der Waals surface area contributed by atoms with Crippen molar-refractivity contribution < 1.29 is 18.3 Å². The molecule has 1 aliphatic rings. The summed E-state index contributed by atoms with van der Waals surface area (Å²) < 4.78 is 24.9. The molecule has 1 fully saturated rings. The molecule has 0 saturated carbocycles. The molecular weight excluding hydrogens is 385 g/mol. The number of methoxy groups -OCH3 is 1. The number of benzene rings is 2. The molecule has 4 rings (SSSR count). The Kier molecular flexibility index (Phi) is 5.88. The number of fused-ring (bicyclic) bond motifs is 1. The van der Waals surface area contributed by atoms with E-state index in [-0.39, 0.29) is 11.8 Å². The lowest BCUT2D eigenvalue weighted by atomic mass is 10.1. The maximum atomic E-state index is 13.7. The number of rotatable bonds is 7. The fraction of sp³-hybridized carbons (Fsp3) is 0.391. The highest BCUT2D eigenvalue weighted by atomic mass is 19.1. The Hall–Kier alpha value is -3.09. The first-order chi connectivity index (χ1) is 14.6. The average Bonchev–Trinajstić information content (AvgIpc) is 3.16. The van der Waals surface area contributed by atoms with Crippen LogP contribution in [0.5, 0.6) is 5.75 Å². The van der Waals surface area contributed by atoms with E-state index in [1.54, 1.807) is 23.0 Å². The van der Waals surface area contributed by atoms with Gasteiger partial charge in [-0.25, -0.2) is 14.2 Å². The molecule has 0 atom stereocenters. The average molecular weight is 411 g/mol. The summed E-state index contributed by atoms with van der Waals surface area (Å²) in [4.78, 5) is 21.2. The Morgan fingerprint density at radius 1 is 1.20 bits per heavy atom. The zero-order chi connectivity index (χ0) is 21.1. The molecule has 0 radical (unpaired) electrons. The number of halogens is 1. The number of aryl methyl sites for hydroxylation is 1. The number of oxazole rings is 1. The first-order valence-corrected chi connectivity index (χ1v) is 10.4. The van der Waals surface area contributed by atoms with Crippen molar-refractivity contribution in [1.29, 1.82) is 0 Å². The summed E-state index contributed by atoms with van der Waals surface area (Å²) in [6, 6.07) is 9.92. The van der Waals surface area contributed by atoms with E-state index in [4.69, 9.17) is 9.15 Å². The van der Waals surface area contributed by atoms with Crippen LogP contribution in [-0.2, 0) is 13.0 Å². The molecule has 7 heteroatoms. The van der Waals surface area contributed by atoms with Crippen molar-refractivity contribution in [2.75, 3.05) is 25.1 Å². The molecule has 0 N–H and O–H groups in total. The van der Waals surface area contributed by atoms with E-state index >= 15 is 0 Å². The third kappa shape index (κ3) is 4.10. The first kappa shape index (κ1) is 20.2. The topological polar surface area (TPSA) is 58.8 Å². The van der Waals surface area contributed by atoms with Crippen molar-refractivity contribution in [2.24, 2.45) is 0 Å². The highest BCUT2D eigenvalue weighted by Crippen LogP contribution is 2.28. The van der Waals surface area contributed by atoms with Crippen molar-refractivity contribution in [2.45, 2.75) is 39.2 Å². The number of hydrogen-bond acceptors (Lipinski definition) is 4. The molecule has 6 nitrogen and oxygen atoms in total. The van der Waals surface area contributed by atoms with E-state index in [9.17, 15) is 9.18 Å². The summed E-state index contributed by atoms with van der Waals surface area (Å²) in [6.07, 6.45) is 3.75. The molecular formula is C23H26FN3O3. The molecule has 0 spiro atoms. The number of urea groups is 1. The summed E-state index contributed by atoms with van der Waals surface area (Å²) in [7, 11) is 1.54. The molecule has 0 bridgehead atoms. The molecule has 3 aromatic rings. The molecule has 2 amide bonds. The predicted octanol–water partition coefficient (Wildman–Crippen LogP) is 5.15. The van der Waals surface area contributed by atoms with Gasteiger partial charge in [0.1, 0.15) is 17.1 Å². The van der Waals surface area contributed by atoms with Crippen molar-refractivity contribution in [3.8, 4) is 5.75 Å². The van der Waals surface area contributed by atoms with Gasteiger partial charge in [-0.15, -0.1) is 0 Å². The number of carbonyl (C=O) groups excluding carboxylic acids is 1. The van der Waals surface area contributed by atoms with Crippen LogP contribution >= 0.6 is 0 Å². The Morgan fingerprint density at radius 2 is 2.07 bits per heavy atom. The van der Waals surface area contributed by atoms with Gasteiger partial charge >= 0.3 is 6.03 Å². The lowest BCUT2D eigenvalue weighted by Gasteiger charge is -2.35. The minimum atomic E-state index is -0.345. The zero-order valence-electron chi connectivity index (χ0n) is 17.4. The molecule has 2 aromatic carbocycles. The number of anilines is 1. The fourth-order valence-corrected chi connectivity index (χ4v) is 3.81. The van der Waals surface area contributed by atoms with Gasteiger partial charge < -0.3 is 14.1 Å². The van der Waals surface area contributed by atoms with Gasteiger partial charge in [-0.05, 0) is 49.2 Å². The van der Waals surface area contributed by atoms with Crippen molar-refractivity contribution in [3.63, 3.8) is 0 Å². The zero-order valence-corrected chi connectivity index (χ0v) is 17.4. The van der Waals surface area contributed by atoms with Crippen LogP contribution in [-0.4, -0.2) is 36.1 Å². The van der Waals surface area contributed by atoms with E-state index in [1.165, 1.54) is 12.1 Å². The van der Waals surface area contributed by atoms with Gasteiger partial charge in [0, 0.05) is 30.8 Å². The Balaban J connectivity index is 1.55. The SMILES string of the molecule is CCCCc1nc2cc(N3CCCN(Cc4cc(F)ccc4OC)C3=O)ccc2o1. The summed E-state index contributed by atoms with van der Waals surface area (Å²) in [5, 5.41) is 0. The Morgan fingerprint density at radius 3 is 2.87 bits per heavy atom. The number of ether oxygens (including phenoxy) is 1. The number of carbonyl (C=O) groups is 1. The third-order valence-electron chi connectivity index (χ3n) is 5.39. The quantitative estimate of drug-likeness (QED) is 0.539. The summed E-state index contributed by atoms with van der Waals surface area (Å²) in [5.41, 5.74) is 2.94. The lowest BCUT2D eigenvalue weighted by molar-refractivity contribution is 0.191. The highest BCUT2D eigenvalue weighted by molar-refractivity contribution is 5.94. The summed E-state index contributed by atoms with van der Waals surface area (Å²) in [5.74, 6) is 0.959. The molecule has 0 aliphatic carbocycles. The maximum Gasteiger partial charge on any atom is 0.324 e. The second-order valence-corrected chi connectivity index (χ2v) is 7.53. The normalized spacial score (nSPS) is 14.6. The molecule has 1 aliphatic heterocycles. The predicted molar refractivity (Wildman–Crippen MR) is 113 cm³/mol. The lowest BCUT2D eigenvalue weighted by Crippen LogP contribution is -2.49. The summed E-state index contributed by atoms with van der Waals surface area (Å²) in [6.45, 7) is 3.67. The van der Waals surface area contributed by atoms with Crippen LogP contribution in [0, 0.1) is 5.82 Å². The number of amides is 2. The molecule has 30 heavy (non-hydrogen) atoms. The minimum absolute atomic E-state index is 0.110.